The van der Waals surface area contributed by atoms with Crippen LogP contribution < -0.4 is 4.90 Å². The van der Waals surface area contributed by atoms with Crippen molar-refractivity contribution < 1.29 is 0 Å². The Balaban J connectivity index is 1.25. The molecule has 1 nitrogen and oxygen atoms in total. The summed E-state index contributed by atoms with van der Waals surface area (Å²) < 4.78 is 0. The van der Waals surface area contributed by atoms with E-state index in [0.29, 0.717) is 0 Å². The van der Waals surface area contributed by atoms with E-state index >= 15 is 0 Å². The molecule has 0 heterocycles. The first-order chi connectivity index (χ1) is 26.2. The number of hydrogen-bond donors (Lipinski definition) is 0. The Morgan fingerprint density at radius 1 is 0.358 bits per heavy atom. The zero-order valence-corrected chi connectivity index (χ0v) is 29.4. The largest absolute Gasteiger partial charge is 0.310 e. The normalized spacial score (nSPS) is 13.2. The van der Waals surface area contributed by atoms with E-state index in [9.17, 15) is 0 Å². The van der Waals surface area contributed by atoms with Gasteiger partial charge in [0.15, 0.2) is 0 Å². The Kier molecular flexibility index (Phi) is 6.45. The fraction of sp³-hybridized carbons (Fsp3) is 0.0385. The summed E-state index contributed by atoms with van der Waals surface area (Å²) in [6.07, 6.45) is 0. The third kappa shape index (κ3) is 4.14. The molecule has 0 N–H and O–H groups in total. The molecule has 0 saturated heterocycles. The van der Waals surface area contributed by atoms with Gasteiger partial charge in [0.05, 0.1) is 11.1 Å². The summed E-state index contributed by atoms with van der Waals surface area (Å²) in [5, 5.41) is 4.96. The molecule has 53 heavy (non-hydrogen) atoms. The van der Waals surface area contributed by atoms with Crippen LogP contribution in [0.3, 0.4) is 0 Å². The van der Waals surface area contributed by atoms with E-state index in [1.54, 1.807) is 0 Å². The smallest absolute Gasteiger partial charge is 0.0726 e. The zero-order chi connectivity index (χ0) is 35.1. The molecule has 0 amide bonds. The SMILES string of the molecule is Cc1ccccc1N(c1ccc2c(c1)C1(c3ccccc3-c3ccccc31)c1ccccc1-2)c1ccc2ccccc2c1-c1cccc2ccccc12. The second kappa shape index (κ2) is 11.4. The summed E-state index contributed by atoms with van der Waals surface area (Å²) >= 11 is 0. The lowest BCUT2D eigenvalue weighted by atomic mass is 9.70. The number of hydrogen-bond acceptors (Lipinski definition) is 1. The fourth-order valence-electron chi connectivity index (χ4n) is 9.62. The van der Waals surface area contributed by atoms with Crippen LogP contribution in [0.2, 0.25) is 0 Å². The van der Waals surface area contributed by atoms with E-state index in [2.05, 4.69) is 206 Å². The summed E-state index contributed by atoms with van der Waals surface area (Å²) in [6, 6.07) is 72.2. The van der Waals surface area contributed by atoms with Crippen LogP contribution in [0.15, 0.2) is 194 Å². The maximum absolute atomic E-state index is 2.52. The van der Waals surface area contributed by atoms with Crippen LogP contribution in [0.1, 0.15) is 27.8 Å². The van der Waals surface area contributed by atoms with Crippen LogP contribution in [-0.2, 0) is 5.41 Å². The number of fused-ring (bicyclic) bond motifs is 12. The molecule has 9 aromatic rings. The molecule has 0 radical (unpaired) electrons. The van der Waals surface area contributed by atoms with Crippen molar-refractivity contribution in [2.75, 3.05) is 4.90 Å². The van der Waals surface area contributed by atoms with Crippen LogP contribution in [0.5, 0.6) is 0 Å². The summed E-state index contributed by atoms with van der Waals surface area (Å²) in [4.78, 5) is 2.52. The second-order valence-corrected chi connectivity index (χ2v) is 14.4. The molecular weight excluding hydrogens is 639 g/mol. The minimum atomic E-state index is -0.422. The van der Waals surface area contributed by atoms with Gasteiger partial charge in [0.1, 0.15) is 0 Å². The zero-order valence-electron chi connectivity index (χ0n) is 29.4. The van der Waals surface area contributed by atoms with E-state index in [4.69, 9.17) is 0 Å². The van der Waals surface area contributed by atoms with E-state index < -0.39 is 5.41 Å². The lowest BCUT2D eigenvalue weighted by Crippen LogP contribution is -2.26. The molecule has 2 aliphatic carbocycles. The van der Waals surface area contributed by atoms with Crippen molar-refractivity contribution in [3.63, 3.8) is 0 Å². The highest BCUT2D eigenvalue weighted by molar-refractivity contribution is 6.11. The van der Waals surface area contributed by atoms with Crippen molar-refractivity contribution in [2.45, 2.75) is 12.3 Å². The van der Waals surface area contributed by atoms with Crippen molar-refractivity contribution in [1.82, 2.24) is 0 Å². The molecular formula is C52H35N. The van der Waals surface area contributed by atoms with E-state index in [-0.39, 0.29) is 0 Å². The first-order valence-electron chi connectivity index (χ1n) is 18.5. The van der Waals surface area contributed by atoms with Crippen molar-refractivity contribution >= 4 is 38.6 Å². The van der Waals surface area contributed by atoms with Crippen LogP contribution in [0.4, 0.5) is 17.1 Å². The lowest BCUT2D eigenvalue weighted by molar-refractivity contribution is 0.793. The van der Waals surface area contributed by atoms with Crippen molar-refractivity contribution in [2.24, 2.45) is 0 Å². The first kappa shape index (κ1) is 30.0. The molecule has 248 valence electrons. The van der Waals surface area contributed by atoms with Gasteiger partial charge in [0.25, 0.3) is 0 Å². The molecule has 0 aliphatic heterocycles. The van der Waals surface area contributed by atoms with Crippen molar-refractivity contribution in [3.05, 3.63) is 222 Å². The number of aryl methyl sites for hydroxylation is 1. The molecule has 1 spiro atoms. The number of nitrogens with zero attached hydrogens (tertiary/aromatic N) is 1. The van der Waals surface area contributed by atoms with Gasteiger partial charge in [-0.25, -0.2) is 0 Å². The van der Waals surface area contributed by atoms with Crippen LogP contribution in [-0.4, -0.2) is 0 Å². The fourth-order valence-corrected chi connectivity index (χ4v) is 9.62. The highest BCUT2D eigenvalue weighted by Crippen LogP contribution is 2.63. The number of para-hydroxylation sites is 1. The predicted molar refractivity (Wildman–Crippen MR) is 223 cm³/mol. The molecule has 1 heteroatoms. The van der Waals surface area contributed by atoms with E-state index in [0.717, 1.165) is 11.4 Å². The molecule has 9 aromatic carbocycles. The first-order valence-corrected chi connectivity index (χ1v) is 18.5. The summed E-state index contributed by atoms with van der Waals surface area (Å²) in [5.41, 5.74) is 17.4. The molecule has 0 atom stereocenters. The summed E-state index contributed by atoms with van der Waals surface area (Å²) in [7, 11) is 0. The monoisotopic (exact) mass is 673 g/mol. The maximum Gasteiger partial charge on any atom is 0.0726 e. The average Bonchev–Trinajstić information content (AvgIpc) is 3.68. The molecule has 11 rings (SSSR count). The van der Waals surface area contributed by atoms with E-state index in [1.807, 2.05) is 0 Å². The van der Waals surface area contributed by atoms with Gasteiger partial charge in [-0.3, -0.25) is 0 Å². The van der Waals surface area contributed by atoms with Gasteiger partial charge in [-0.05, 0) is 108 Å². The van der Waals surface area contributed by atoms with Crippen molar-refractivity contribution in [3.8, 4) is 33.4 Å². The van der Waals surface area contributed by atoms with Gasteiger partial charge in [-0.15, -0.1) is 0 Å². The molecule has 0 fully saturated rings. The second-order valence-electron chi connectivity index (χ2n) is 14.4. The Bertz CT molecular complexity index is 2860. The predicted octanol–water partition coefficient (Wildman–Crippen LogP) is 13.8. The molecule has 0 unspecified atom stereocenters. The van der Waals surface area contributed by atoms with Gasteiger partial charge in [-0.2, -0.15) is 0 Å². The van der Waals surface area contributed by atoms with E-state index in [1.165, 1.54) is 88.4 Å². The maximum atomic E-state index is 2.52. The number of rotatable bonds is 4. The Labute approximate surface area is 310 Å². The quantitative estimate of drug-likeness (QED) is 0.180. The Morgan fingerprint density at radius 2 is 0.868 bits per heavy atom. The van der Waals surface area contributed by atoms with Crippen LogP contribution in [0.25, 0.3) is 54.9 Å². The van der Waals surface area contributed by atoms with Gasteiger partial charge in [0, 0.05) is 16.9 Å². The number of benzene rings is 9. The Morgan fingerprint density at radius 3 is 1.55 bits per heavy atom. The average molecular weight is 674 g/mol. The lowest BCUT2D eigenvalue weighted by Gasteiger charge is -2.33. The highest BCUT2D eigenvalue weighted by atomic mass is 15.1. The third-order valence-electron chi connectivity index (χ3n) is 11.8. The number of anilines is 3. The van der Waals surface area contributed by atoms with Gasteiger partial charge in [-0.1, -0.05) is 170 Å². The van der Waals surface area contributed by atoms with Gasteiger partial charge >= 0.3 is 0 Å². The third-order valence-corrected chi connectivity index (χ3v) is 11.8. The van der Waals surface area contributed by atoms with Crippen molar-refractivity contribution in [1.29, 1.82) is 0 Å². The standard InChI is InChI=1S/C52H35N/c1-34-15-2-13-28-49(34)53(50-32-29-36-17-4-6-20-39(36)51(50)44-24-14-18-35-16-3-5-19-38(35)44)37-30-31-43-42-23-9-12-27-47(42)52(48(43)33-37)45-25-10-7-21-40(45)41-22-8-11-26-46(41)52/h2-33H,1H3. The minimum Gasteiger partial charge on any atom is -0.310 e. The molecule has 0 aromatic heterocycles. The summed E-state index contributed by atoms with van der Waals surface area (Å²) in [6.45, 7) is 2.23. The highest BCUT2D eigenvalue weighted by Gasteiger charge is 2.51. The van der Waals surface area contributed by atoms with Crippen LogP contribution in [0, 0.1) is 6.92 Å². The minimum absolute atomic E-state index is 0.422. The Hall–Kier alpha value is -6.70. The van der Waals surface area contributed by atoms with Gasteiger partial charge < -0.3 is 4.90 Å². The van der Waals surface area contributed by atoms with Crippen LogP contribution >= 0.6 is 0 Å². The molecule has 0 bridgehead atoms. The molecule has 2 aliphatic rings. The molecule has 0 saturated carbocycles. The summed E-state index contributed by atoms with van der Waals surface area (Å²) in [5.74, 6) is 0. The van der Waals surface area contributed by atoms with Gasteiger partial charge in [0.2, 0.25) is 0 Å². The topological polar surface area (TPSA) is 3.24 Å².